The summed E-state index contributed by atoms with van der Waals surface area (Å²) >= 11 is 17.3. The van der Waals surface area contributed by atoms with Crippen molar-refractivity contribution >= 4 is 85.6 Å². The van der Waals surface area contributed by atoms with E-state index in [0.717, 1.165) is 23.5 Å². The first-order chi connectivity index (χ1) is 8.25. The SMILES string of the molecule is CC(=CC(Br)c1cc(Br)c(Br)c(Br)c1Br)C(=O)O. The average molecular weight is 571 g/mol. The molecule has 98 valence electrons. The van der Waals surface area contributed by atoms with E-state index in [2.05, 4.69) is 79.6 Å². The predicted octanol–water partition coefficient (Wildman–Crippen LogP) is 6.20. The van der Waals surface area contributed by atoms with E-state index >= 15 is 0 Å². The Bertz CT molecular complexity index is 525. The predicted molar refractivity (Wildman–Crippen MR) is 90.3 cm³/mol. The molecule has 1 aromatic carbocycles. The van der Waals surface area contributed by atoms with E-state index in [9.17, 15) is 4.79 Å². The lowest BCUT2D eigenvalue weighted by atomic mass is 10.1. The normalized spacial score (nSPS) is 13.6. The molecule has 0 aliphatic heterocycles. The Morgan fingerprint density at radius 1 is 1.22 bits per heavy atom. The smallest absolute Gasteiger partial charge is 0.330 e. The van der Waals surface area contributed by atoms with Crippen LogP contribution in [0.2, 0.25) is 0 Å². The molecule has 0 amide bonds. The Morgan fingerprint density at radius 2 is 1.78 bits per heavy atom. The fourth-order valence-corrected chi connectivity index (χ4v) is 4.53. The van der Waals surface area contributed by atoms with E-state index in [-0.39, 0.29) is 4.83 Å². The van der Waals surface area contributed by atoms with Crippen molar-refractivity contribution in [3.8, 4) is 0 Å². The Labute approximate surface area is 147 Å². The zero-order chi connectivity index (χ0) is 14.0. The van der Waals surface area contributed by atoms with Gasteiger partial charge in [-0.05, 0) is 82.3 Å². The molecule has 1 atom stereocenters. The third kappa shape index (κ3) is 3.91. The second-order valence-electron chi connectivity index (χ2n) is 3.45. The van der Waals surface area contributed by atoms with Crippen LogP contribution in [0, 0.1) is 0 Å². The van der Waals surface area contributed by atoms with Crippen molar-refractivity contribution in [2.45, 2.75) is 11.8 Å². The van der Waals surface area contributed by atoms with Gasteiger partial charge in [-0.25, -0.2) is 4.79 Å². The maximum absolute atomic E-state index is 10.8. The first kappa shape index (κ1) is 16.9. The largest absolute Gasteiger partial charge is 0.478 e. The second kappa shape index (κ2) is 7.02. The highest BCUT2D eigenvalue weighted by atomic mass is 79.9. The summed E-state index contributed by atoms with van der Waals surface area (Å²) in [6.45, 7) is 1.56. The summed E-state index contributed by atoms with van der Waals surface area (Å²) in [6, 6.07) is 1.92. The van der Waals surface area contributed by atoms with Crippen LogP contribution < -0.4 is 0 Å². The van der Waals surface area contributed by atoms with E-state index in [4.69, 9.17) is 5.11 Å². The van der Waals surface area contributed by atoms with Crippen LogP contribution in [0.3, 0.4) is 0 Å². The molecule has 18 heavy (non-hydrogen) atoms. The molecule has 1 unspecified atom stereocenters. The third-order valence-electron chi connectivity index (χ3n) is 2.16. The number of rotatable bonds is 3. The van der Waals surface area contributed by atoms with Gasteiger partial charge in [-0.1, -0.05) is 22.0 Å². The van der Waals surface area contributed by atoms with Crippen LogP contribution in [0.4, 0.5) is 0 Å². The standard InChI is InChI=1S/C11H7Br5O2/c1-4(11(17)18)2-6(12)5-3-7(13)9(15)10(16)8(5)14/h2-3,6H,1H3,(H,17,18). The number of hydrogen-bond acceptors (Lipinski definition) is 1. The fourth-order valence-electron chi connectivity index (χ4n) is 1.17. The maximum atomic E-state index is 10.8. The van der Waals surface area contributed by atoms with Gasteiger partial charge in [0.1, 0.15) is 0 Å². The molecule has 0 radical (unpaired) electrons. The lowest BCUT2D eigenvalue weighted by Crippen LogP contribution is -1.99. The van der Waals surface area contributed by atoms with Crippen molar-refractivity contribution < 1.29 is 9.90 Å². The van der Waals surface area contributed by atoms with Crippen LogP contribution in [0.5, 0.6) is 0 Å². The molecule has 7 heteroatoms. The third-order valence-corrected chi connectivity index (χ3v) is 7.61. The maximum Gasteiger partial charge on any atom is 0.330 e. The number of carboxylic acids is 1. The minimum Gasteiger partial charge on any atom is -0.478 e. The minimum absolute atomic E-state index is 0.191. The van der Waals surface area contributed by atoms with Crippen LogP contribution in [0.15, 0.2) is 35.6 Å². The topological polar surface area (TPSA) is 37.3 Å². The van der Waals surface area contributed by atoms with Crippen LogP contribution >= 0.6 is 79.6 Å². The number of alkyl halides is 1. The number of benzene rings is 1. The fraction of sp³-hybridized carbons (Fsp3) is 0.182. The van der Waals surface area contributed by atoms with Gasteiger partial charge in [-0.3, -0.25) is 0 Å². The highest BCUT2D eigenvalue weighted by Gasteiger charge is 2.17. The highest BCUT2D eigenvalue weighted by molar-refractivity contribution is 9.15. The first-order valence-electron chi connectivity index (χ1n) is 4.64. The molecule has 1 rings (SSSR count). The van der Waals surface area contributed by atoms with E-state index in [0.29, 0.717) is 5.57 Å². The molecule has 0 heterocycles. The molecular weight excluding hydrogens is 564 g/mol. The van der Waals surface area contributed by atoms with Crippen LogP contribution in [0.1, 0.15) is 17.3 Å². The van der Waals surface area contributed by atoms with E-state index in [1.54, 1.807) is 13.0 Å². The van der Waals surface area contributed by atoms with Gasteiger partial charge in [0.05, 0.1) is 4.83 Å². The van der Waals surface area contributed by atoms with Gasteiger partial charge in [-0.15, -0.1) is 0 Å². The van der Waals surface area contributed by atoms with E-state index in [1.165, 1.54) is 0 Å². The van der Waals surface area contributed by atoms with Crippen molar-refractivity contribution in [2.24, 2.45) is 0 Å². The minimum atomic E-state index is -0.925. The van der Waals surface area contributed by atoms with Crippen molar-refractivity contribution in [1.29, 1.82) is 0 Å². The quantitative estimate of drug-likeness (QED) is 0.203. The monoisotopic (exact) mass is 566 g/mol. The van der Waals surface area contributed by atoms with Gasteiger partial charge in [0.15, 0.2) is 0 Å². The lowest BCUT2D eigenvalue weighted by Gasteiger charge is -2.13. The van der Waals surface area contributed by atoms with Gasteiger partial charge in [-0.2, -0.15) is 0 Å². The van der Waals surface area contributed by atoms with Crippen LogP contribution in [-0.2, 0) is 4.79 Å². The molecule has 0 aliphatic rings. The van der Waals surface area contributed by atoms with Gasteiger partial charge < -0.3 is 5.11 Å². The summed E-state index contributed by atoms with van der Waals surface area (Å²) in [5.74, 6) is -0.925. The number of allylic oxidation sites excluding steroid dienone is 1. The molecule has 0 bridgehead atoms. The Hall–Kier alpha value is 0.830. The molecule has 0 aliphatic carbocycles. The van der Waals surface area contributed by atoms with Crippen LogP contribution in [0.25, 0.3) is 0 Å². The molecule has 0 fully saturated rings. The van der Waals surface area contributed by atoms with E-state index in [1.807, 2.05) is 6.07 Å². The number of carbonyl (C=O) groups is 1. The van der Waals surface area contributed by atoms with Gasteiger partial charge in [0.25, 0.3) is 0 Å². The number of halogens is 5. The van der Waals surface area contributed by atoms with Gasteiger partial charge >= 0.3 is 5.97 Å². The molecule has 0 saturated carbocycles. The molecule has 0 spiro atoms. The summed E-state index contributed by atoms with van der Waals surface area (Å²) in [6.07, 6.45) is 1.65. The molecule has 0 aromatic heterocycles. The van der Waals surface area contributed by atoms with Crippen LogP contribution in [-0.4, -0.2) is 11.1 Å². The molecule has 1 N–H and O–H groups in total. The highest BCUT2D eigenvalue weighted by Crippen LogP contribution is 2.43. The number of carboxylic acid groups (broad SMARTS) is 1. The lowest BCUT2D eigenvalue weighted by molar-refractivity contribution is -0.132. The van der Waals surface area contributed by atoms with Crippen molar-refractivity contribution in [3.63, 3.8) is 0 Å². The summed E-state index contributed by atoms with van der Waals surface area (Å²) in [5.41, 5.74) is 1.22. The van der Waals surface area contributed by atoms with E-state index < -0.39 is 5.97 Å². The van der Waals surface area contributed by atoms with Crippen molar-refractivity contribution in [3.05, 3.63) is 41.2 Å². The zero-order valence-electron chi connectivity index (χ0n) is 8.98. The average Bonchev–Trinajstić information content (AvgIpc) is 2.30. The molecule has 0 saturated heterocycles. The van der Waals surface area contributed by atoms with Gasteiger partial charge in [0.2, 0.25) is 0 Å². The molecule has 2 nitrogen and oxygen atoms in total. The summed E-state index contributed by atoms with van der Waals surface area (Å²) in [7, 11) is 0. The van der Waals surface area contributed by atoms with Gasteiger partial charge in [0, 0.05) is 23.5 Å². The van der Waals surface area contributed by atoms with Crippen molar-refractivity contribution in [1.82, 2.24) is 0 Å². The first-order valence-corrected chi connectivity index (χ1v) is 8.73. The summed E-state index contributed by atoms with van der Waals surface area (Å²) in [4.78, 5) is 10.6. The number of hydrogen-bond donors (Lipinski definition) is 1. The Kier molecular flexibility index (Phi) is 6.58. The molecule has 1 aromatic rings. The summed E-state index contributed by atoms with van der Waals surface area (Å²) in [5, 5.41) is 8.87. The summed E-state index contributed by atoms with van der Waals surface area (Å²) < 4.78 is 3.53. The Balaban J connectivity index is 3.27. The van der Waals surface area contributed by atoms with Crippen molar-refractivity contribution in [2.75, 3.05) is 0 Å². The number of aliphatic carboxylic acids is 1. The zero-order valence-corrected chi connectivity index (χ0v) is 16.9. The Morgan fingerprint density at radius 3 is 2.28 bits per heavy atom. The molecular formula is C11H7Br5O2. The second-order valence-corrected chi connectivity index (χ2v) is 7.67.